The fourth-order valence-corrected chi connectivity index (χ4v) is 3.34. The fraction of sp³-hybridized carbons (Fsp3) is 1.00. The molecule has 0 heterocycles. The van der Waals surface area contributed by atoms with Crippen LogP contribution in [0.3, 0.4) is 0 Å². The Kier molecular flexibility index (Phi) is 24.3. The molecule has 0 rings (SSSR count). The van der Waals surface area contributed by atoms with Gasteiger partial charge in [-0.25, -0.2) is 0 Å². The van der Waals surface area contributed by atoms with Crippen LogP contribution in [0.4, 0.5) is 0 Å². The van der Waals surface area contributed by atoms with Gasteiger partial charge in [0.15, 0.2) is 6.29 Å². The second-order valence-electron chi connectivity index (χ2n) is 7.50. The van der Waals surface area contributed by atoms with Crippen molar-refractivity contribution in [2.75, 3.05) is 6.54 Å². The first-order chi connectivity index (χ1) is 11.7. The first-order valence-corrected chi connectivity index (χ1v) is 10.8. The van der Waals surface area contributed by atoms with Crippen molar-refractivity contribution in [1.29, 1.82) is 0 Å². The summed E-state index contributed by atoms with van der Waals surface area (Å²) < 4.78 is 0. The molecule has 0 aromatic heterocycles. The van der Waals surface area contributed by atoms with Gasteiger partial charge in [0.1, 0.15) is 0 Å². The molecule has 0 radical (unpaired) electrons. The summed E-state index contributed by atoms with van der Waals surface area (Å²) in [5.74, 6) is -0.142. The molecule has 4 N–H and O–H groups in total. The molecular weight excluding hydrogens is 334 g/mol. The number of halogens is 1. The van der Waals surface area contributed by atoms with Crippen LogP contribution in [-0.4, -0.2) is 23.0 Å². The lowest BCUT2D eigenvalue weighted by molar-refractivity contribution is -0.0833. The average Bonchev–Trinajstić information content (AvgIpc) is 2.57. The minimum absolute atomic E-state index is 0. The van der Waals surface area contributed by atoms with Crippen LogP contribution in [0.1, 0.15) is 116 Å². The average molecular weight is 380 g/mol. The molecule has 0 spiro atoms. The molecule has 0 aromatic rings. The first kappa shape index (κ1) is 27.4. The number of unbranched alkanes of at least 4 members (excludes halogenated alkanes) is 15. The molecule has 3 nitrogen and oxygen atoms in total. The SMILES string of the molecule is CCCCCCCCCCCCCCCCCCC(CN)C(O)O.Cl. The number of aliphatic hydroxyl groups excluding tert-OH is 1. The molecule has 0 saturated heterocycles. The third-order valence-corrected chi connectivity index (χ3v) is 5.15. The van der Waals surface area contributed by atoms with Crippen LogP contribution in [0, 0.1) is 5.92 Å². The van der Waals surface area contributed by atoms with Gasteiger partial charge in [0.05, 0.1) is 0 Å². The molecule has 0 amide bonds. The van der Waals surface area contributed by atoms with Gasteiger partial charge >= 0.3 is 0 Å². The van der Waals surface area contributed by atoms with Crippen LogP contribution in [-0.2, 0) is 0 Å². The highest BCUT2D eigenvalue weighted by Gasteiger charge is 2.13. The second-order valence-corrected chi connectivity index (χ2v) is 7.50. The lowest BCUT2D eigenvalue weighted by Crippen LogP contribution is -2.27. The van der Waals surface area contributed by atoms with Gasteiger partial charge < -0.3 is 15.9 Å². The zero-order valence-corrected chi connectivity index (χ0v) is 17.6. The quantitative estimate of drug-likeness (QED) is 0.192. The molecule has 0 fully saturated rings. The summed E-state index contributed by atoms with van der Waals surface area (Å²) in [6.07, 6.45) is 21.4. The fourth-order valence-electron chi connectivity index (χ4n) is 3.34. The molecule has 25 heavy (non-hydrogen) atoms. The van der Waals surface area contributed by atoms with Gasteiger partial charge in [0.2, 0.25) is 0 Å². The summed E-state index contributed by atoms with van der Waals surface area (Å²) in [5.41, 5.74) is 5.52. The van der Waals surface area contributed by atoms with E-state index >= 15 is 0 Å². The van der Waals surface area contributed by atoms with Gasteiger partial charge in [0, 0.05) is 5.92 Å². The van der Waals surface area contributed by atoms with Gasteiger partial charge in [-0.15, -0.1) is 12.4 Å². The van der Waals surface area contributed by atoms with E-state index in [4.69, 9.17) is 15.9 Å². The minimum atomic E-state index is -1.24. The molecule has 0 saturated carbocycles. The van der Waals surface area contributed by atoms with Crippen LogP contribution < -0.4 is 5.73 Å². The highest BCUT2D eigenvalue weighted by molar-refractivity contribution is 5.85. The number of hydrogen-bond donors (Lipinski definition) is 3. The van der Waals surface area contributed by atoms with Crippen molar-refractivity contribution >= 4 is 12.4 Å². The monoisotopic (exact) mass is 379 g/mol. The van der Waals surface area contributed by atoms with Crippen LogP contribution in [0.5, 0.6) is 0 Å². The lowest BCUT2D eigenvalue weighted by atomic mass is 9.99. The molecule has 4 heteroatoms. The number of aliphatic hydroxyl groups is 2. The second kappa shape index (κ2) is 22.2. The summed E-state index contributed by atoms with van der Waals surface area (Å²) in [4.78, 5) is 0. The molecule has 154 valence electrons. The molecule has 0 aromatic carbocycles. The molecule has 0 bridgehead atoms. The van der Waals surface area contributed by atoms with Gasteiger partial charge in [-0.2, -0.15) is 0 Å². The Balaban J connectivity index is 0. The maximum absolute atomic E-state index is 9.11. The predicted molar refractivity (Wildman–Crippen MR) is 112 cm³/mol. The van der Waals surface area contributed by atoms with Crippen molar-refractivity contribution in [2.24, 2.45) is 11.7 Å². The molecule has 0 aliphatic carbocycles. The first-order valence-electron chi connectivity index (χ1n) is 10.8. The summed E-state index contributed by atoms with van der Waals surface area (Å²) in [6.45, 7) is 2.65. The Labute approximate surface area is 163 Å². The summed E-state index contributed by atoms with van der Waals surface area (Å²) in [6, 6.07) is 0. The number of hydrogen-bond acceptors (Lipinski definition) is 3. The molecule has 0 aliphatic heterocycles. The van der Waals surface area contributed by atoms with Crippen molar-refractivity contribution in [3.05, 3.63) is 0 Å². The van der Waals surface area contributed by atoms with Crippen LogP contribution in [0.15, 0.2) is 0 Å². The summed E-state index contributed by atoms with van der Waals surface area (Å²) in [7, 11) is 0. The Morgan fingerprint density at radius 2 is 0.920 bits per heavy atom. The smallest absolute Gasteiger partial charge is 0.155 e. The molecule has 0 aliphatic rings. The van der Waals surface area contributed by atoms with Crippen molar-refractivity contribution in [3.63, 3.8) is 0 Å². The van der Waals surface area contributed by atoms with Crippen molar-refractivity contribution in [2.45, 2.75) is 122 Å². The highest BCUT2D eigenvalue weighted by Crippen LogP contribution is 2.16. The normalized spacial score (nSPS) is 12.4. The zero-order chi connectivity index (χ0) is 17.9. The largest absolute Gasteiger partial charge is 0.368 e. The van der Waals surface area contributed by atoms with Gasteiger partial charge in [-0.1, -0.05) is 110 Å². The molecular formula is C21H46ClNO2. The Hall–Kier alpha value is 0.170. The predicted octanol–water partition coefficient (Wildman–Crippen LogP) is 5.95. The summed E-state index contributed by atoms with van der Waals surface area (Å²) >= 11 is 0. The number of rotatable bonds is 19. The van der Waals surface area contributed by atoms with Crippen LogP contribution in [0.25, 0.3) is 0 Å². The standard InChI is InChI=1S/C21H45NO2.ClH/c1-2-3-4-5-6-7-8-9-10-11-12-13-14-15-16-17-18-20(19-22)21(23)24;/h20-21,23-24H,2-19,22H2,1H3;1H. The van der Waals surface area contributed by atoms with Gasteiger partial charge in [-0.05, 0) is 13.0 Å². The maximum atomic E-state index is 9.11. The molecule has 1 atom stereocenters. The van der Waals surface area contributed by atoms with E-state index in [2.05, 4.69) is 6.92 Å². The van der Waals surface area contributed by atoms with Crippen LogP contribution in [0.2, 0.25) is 0 Å². The van der Waals surface area contributed by atoms with Gasteiger partial charge in [0.25, 0.3) is 0 Å². The van der Waals surface area contributed by atoms with E-state index in [1.54, 1.807) is 0 Å². The molecule has 1 unspecified atom stereocenters. The topological polar surface area (TPSA) is 66.5 Å². The Bertz CT molecular complexity index is 240. The number of nitrogens with two attached hydrogens (primary N) is 1. The van der Waals surface area contributed by atoms with E-state index in [9.17, 15) is 0 Å². The van der Waals surface area contributed by atoms with Crippen molar-refractivity contribution in [1.82, 2.24) is 0 Å². The Morgan fingerprint density at radius 3 is 1.20 bits per heavy atom. The Morgan fingerprint density at radius 1 is 0.600 bits per heavy atom. The highest BCUT2D eigenvalue weighted by atomic mass is 35.5. The van der Waals surface area contributed by atoms with E-state index in [-0.39, 0.29) is 18.3 Å². The van der Waals surface area contributed by atoms with E-state index < -0.39 is 6.29 Å². The zero-order valence-electron chi connectivity index (χ0n) is 16.8. The lowest BCUT2D eigenvalue weighted by Gasteiger charge is -2.16. The van der Waals surface area contributed by atoms with Gasteiger partial charge in [-0.3, -0.25) is 0 Å². The van der Waals surface area contributed by atoms with Crippen LogP contribution >= 0.6 is 12.4 Å². The third kappa shape index (κ3) is 20.3. The maximum Gasteiger partial charge on any atom is 0.155 e. The van der Waals surface area contributed by atoms with Crippen molar-refractivity contribution < 1.29 is 10.2 Å². The van der Waals surface area contributed by atoms with E-state index in [1.165, 1.54) is 96.3 Å². The third-order valence-electron chi connectivity index (χ3n) is 5.15. The van der Waals surface area contributed by atoms with Crippen molar-refractivity contribution in [3.8, 4) is 0 Å². The van der Waals surface area contributed by atoms with E-state index in [1.807, 2.05) is 0 Å². The summed E-state index contributed by atoms with van der Waals surface area (Å²) in [5, 5.41) is 18.2. The van der Waals surface area contributed by atoms with E-state index in [0.29, 0.717) is 6.54 Å². The van der Waals surface area contributed by atoms with E-state index in [0.717, 1.165) is 12.8 Å². The minimum Gasteiger partial charge on any atom is -0.368 e.